The molecule has 2 aromatic rings. The van der Waals surface area contributed by atoms with Crippen molar-refractivity contribution in [3.8, 4) is 0 Å². The fraction of sp³-hybridized carbons (Fsp3) is 0.409. The molecule has 0 atom stereocenters. The summed E-state index contributed by atoms with van der Waals surface area (Å²) >= 11 is 0. The van der Waals surface area contributed by atoms with Gasteiger partial charge in [0.05, 0.1) is 17.3 Å². The van der Waals surface area contributed by atoms with Crippen LogP contribution in [-0.2, 0) is 21.0 Å². The number of amides is 1. The first-order valence-corrected chi connectivity index (χ1v) is 11.6. The summed E-state index contributed by atoms with van der Waals surface area (Å²) < 4.78 is 29.1. The lowest BCUT2D eigenvalue weighted by molar-refractivity contribution is 0.102. The van der Waals surface area contributed by atoms with Crippen LogP contribution in [0.2, 0.25) is 0 Å². The highest BCUT2D eigenvalue weighted by Gasteiger charge is 2.15. The number of rotatable bonds is 9. The Morgan fingerprint density at radius 2 is 1.69 bits per heavy atom. The molecule has 1 aliphatic rings. The second-order valence-corrected chi connectivity index (χ2v) is 9.39. The van der Waals surface area contributed by atoms with E-state index in [2.05, 4.69) is 10.2 Å². The number of hydrogen-bond acceptors (Lipinski definition) is 5. The quantitative estimate of drug-likeness (QED) is 0.680. The van der Waals surface area contributed by atoms with Crippen molar-refractivity contribution < 1.29 is 17.9 Å². The Balaban J connectivity index is 1.55. The van der Waals surface area contributed by atoms with Crippen molar-refractivity contribution in [1.82, 2.24) is 4.90 Å². The zero-order valence-corrected chi connectivity index (χ0v) is 17.6. The smallest absolute Gasteiger partial charge is 0.255 e. The van der Waals surface area contributed by atoms with Crippen LogP contribution in [0.5, 0.6) is 0 Å². The van der Waals surface area contributed by atoms with Crippen LogP contribution < -0.4 is 5.32 Å². The monoisotopic (exact) mass is 416 g/mol. The Morgan fingerprint density at radius 3 is 2.31 bits per heavy atom. The molecule has 1 aliphatic heterocycles. The lowest BCUT2D eigenvalue weighted by Gasteiger charge is -2.14. The number of hydrogen-bond donors (Lipinski definition) is 1. The Hall–Kier alpha value is -2.22. The van der Waals surface area contributed by atoms with Crippen molar-refractivity contribution in [2.75, 3.05) is 44.4 Å². The predicted octanol–water partition coefficient (Wildman–Crippen LogP) is 3.00. The summed E-state index contributed by atoms with van der Waals surface area (Å²) in [6.45, 7) is 3.60. The Morgan fingerprint density at radius 1 is 1.03 bits per heavy atom. The molecule has 2 aromatic carbocycles. The lowest BCUT2D eigenvalue weighted by atomic mass is 10.1. The summed E-state index contributed by atoms with van der Waals surface area (Å²) in [4.78, 5) is 15.1. The maximum Gasteiger partial charge on any atom is 0.255 e. The summed E-state index contributed by atoms with van der Waals surface area (Å²) in [6, 6.07) is 13.9. The normalized spacial score (nSPS) is 14.8. The molecule has 6 nitrogen and oxygen atoms in total. The zero-order valence-electron chi connectivity index (χ0n) is 16.8. The molecule has 1 N–H and O–H groups in total. The number of ether oxygens (including phenoxy) is 1. The number of carbonyl (C=O) groups is 1. The van der Waals surface area contributed by atoms with Gasteiger partial charge in [-0.25, -0.2) is 8.42 Å². The van der Waals surface area contributed by atoms with Gasteiger partial charge in [0.25, 0.3) is 5.91 Å². The summed E-state index contributed by atoms with van der Waals surface area (Å²) in [5, 5.41) is 2.86. The number of sulfone groups is 1. The van der Waals surface area contributed by atoms with E-state index in [0.717, 1.165) is 18.7 Å². The van der Waals surface area contributed by atoms with Crippen molar-refractivity contribution in [3.05, 3.63) is 59.7 Å². The molecule has 1 heterocycles. The third kappa shape index (κ3) is 6.13. The highest BCUT2D eigenvalue weighted by Crippen LogP contribution is 2.16. The second-order valence-electron chi connectivity index (χ2n) is 7.29. The van der Waals surface area contributed by atoms with Crippen molar-refractivity contribution >= 4 is 21.4 Å². The molecule has 0 saturated carbocycles. The molecule has 1 saturated heterocycles. The molecule has 0 radical (unpaired) electrons. The minimum atomic E-state index is -3.40. The Bertz CT molecular complexity index is 903. The first-order chi connectivity index (χ1) is 14.0. The van der Waals surface area contributed by atoms with Gasteiger partial charge < -0.3 is 15.0 Å². The molecule has 7 heteroatoms. The highest BCUT2D eigenvalue weighted by molar-refractivity contribution is 7.91. The van der Waals surface area contributed by atoms with Gasteiger partial charge in [-0.1, -0.05) is 12.1 Å². The number of nitrogens with one attached hydrogen (secondary N) is 1. The van der Waals surface area contributed by atoms with Crippen molar-refractivity contribution in [3.63, 3.8) is 0 Å². The molecular weight excluding hydrogens is 388 g/mol. The maximum absolute atomic E-state index is 12.4. The van der Waals surface area contributed by atoms with Crippen LogP contribution >= 0.6 is 0 Å². The number of anilines is 1. The van der Waals surface area contributed by atoms with Crippen LogP contribution in [0.25, 0.3) is 0 Å². The van der Waals surface area contributed by atoms with E-state index in [1.807, 2.05) is 24.3 Å². The fourth-order valence-corrected chi connectivity index (χ4v) is 4.55. The molecule has 0 spiro atoms. The minimum absolute atomic E-state index is 0.0842. The maximum atomic E-state index is 12.4. The molecule has 156 valence electrons. The summed E-state index contributed by atoms with van der Waals surface area (Å²) in [5.74, 6) is -0.352. The van der Waals surface area contributed by atoms with Gasteiger partial charge in [0.1, 0.15) is 0 Å². The first kappa shape index (κ1) is 21.5. The van der Waals surface area contributed by atoms with Gasteiger partial charge in [-0.15, -0.1) is 0 Å². The number of benzene rings is 2. The fourth-order valence-electron chi connectivity index (χ4n) is 3.38. The SMILES string of the molecule is COCCS(=O)(=O)c1ccc(C(=O)Nc2ccc(CCN3CCCC3)cc2)cc1. The van der Waals surface area contributed by atoms with Gasteiger partial charge in [-0.2, -0.15) is 0 Å². The summed E-state index contributed by atoms with van der Waals surface area (Å²) in [6.07, 6.45) is 3.60. The summed E-state index contributed by atoms with van der Waals surface area (Å²) in [7, 11) is -1.94. The topological polar surface area (TPSA) is 75.7 Å². The molecule has 29 heavy (non-hydrogen) atoms. The molecule has 0 bridgehead atoms. The molecular formula is C22H28N2O4S. The molecule has 0 unspecified atom stereocenters. The van der Waals surface area contributed by atoms with E-state index < -0.39 is 9.84 Å². The average Bonchev–Trinajstić information content (AvgIpc) is 3.25. The lowest BCUT2D eigenvalue weighted by Crippen LogP contribution is -2.21. The third-order valence-electron chi connectivity index (χ3n) is 5.16. The number of methoxy groups -OCH3 is 1. The van der Waals surface area contributed by atoms with Gasteiger partial charge in [-0.05, 0) is 74.3 Å². The van der Waals surface area contributed by atoms with Crippen LogP contribution in [0, 0.1) is 0 Å². The molecule has 1 fully saturated rings. The predicted molar refractivity (Wildman–Crippen MR) is 114 cm³/mol. The average molecular weight is 417 g/mol. The van der Waals surface area contributed by atoms with Crippen molar-refractivity contribution in [1.29, 1.82) is 0 Å². The molecule has 3 rings (SSSR count). The van der Waals surface area contributed by atoms with Crippen molar-refractivity contribution in [2.24, 2.45) is 0 Å². The van der Waals surface area contributed by atoms with E-state index in [0.29, 0.717) is 5.56 Å². The van der Waals surface area contributed by atoms with E-state index in [-0.39, 0.29) is 23.2 Å². The zero-order chi connectivity index (χ0) is 20.7. The third-order valence-corrected chi connectivity index (χ3v) is 6.85. The van der Waals surface area contributed by atoms with E-state index in [1.54, 1.807) is 0 Å². The molecule has 1 amide bonds. The molecule has 0 aromatic heterocycles. The highest BCUT2D eigenvalue weighted by atomic mass is 32.2. The first-order valence-electron chi connectivity index (χ1n) is 9.92. The number of likely N-dealkylation sites (tertiary alicyclic amines) is 1. The largest absolute Gasteiger partial charge is 0.384 e. The Labute approximate surface area is 172 Å². The number of nitrogens with zero attached hydrogens (tertiary/aromatic N) is 1. The van der Waals surface area contributed by atoms with Crippen LogP contribution in [0.1, 0.15) is 28.8 Å². The van der Waals surface area contributed by atoms with Crippen LogP contribution in [0.3, 0.4) is 0 Å². The van der Waals surface area contributed by atoms with Gasteiger partial charge in [0.15, 0.2) is 9.84 Å². The van der Waals surface area contributed by atoms with Gasteiger partial charge in [0.2, 0.25) is 0 Å². The standard InChI is InChI=1S/C22H28N2O4S/c1-28-16-17-29(26,27)21-10-6-19(7-11-21)22(25)23-20-8-4-18(5-9-20)12-15-24-13-2-3-14-24/h4-11H,2-3,12-17H2,1H3,(H,23,25). The van der Waals surface area contributed by atoms with Crippen molar-refractivity contribution in [2.45, 2.75) is 24.2 Å². The van der Waals surface area contributed by atoms with Gasteiger partial charge in [-0.3, -0.25) is 4.79 Å². The van der Waals surface area contributed by atoms with E-state index in [9.17, 15) is 13.2 Å². The van der Waals surface area contributed by atoms with Gasteiger partial charge >= 0.3 is 0 Å². The van der Waals surface area contributed by atoms with Crippen LogP contribution in [-0.4, -0.2) is 58.3 Å². The van der Waals surface area contributed by atoms with Gasteiger partial charge in [0, 0.05) is 24.9 Å². The Kier molecular flexibility index (Phi) is 7.41. The molecule has 0 aliphatic carbocycles. The van der Waals surface area contributed by atoms with Crippen LogP contribution in [0.15, 0.2) is 53.4 Å². The van der Waals surface area contributed by atoms with E-state index >= 15 is 0 Å². The van der Waals surface area contributed by atoms with Crippen LogP contribution in [0.4, 0.5) is 5.69 Å². The minimum Gasteiger partial charge on any atom is -0.384 e. The van der Waals surface area contributed by atoms with E-state index in [4.69, 9.17) is 4.74 Å². The summed E-state index contributed by atoms with van der Waals surface area (Å²) in [5.41, 5.74) is 2.38. The second kappa shape index (κ2) is 10.0. The van der Waals surface area contributed by atoms with E-state index in [1.165, 1.54) is 62.9 Å². The number of carbonyl (C=O) groups excluding carboxylic acids is 1.